The average Bonchev–Trinajstić information content (AvgIpc) is 2.49. The summed E-state index contributed by atoms with van der Waals surface area (Å²) >= 11 is 6.06. The molecule has 1 rings (SSSR count). The van der Waals surface area contributed by atoms with Gasteiger partial charge in [-0.2, -0.15) is 4.31 Å². The first kappa shape index (κ1) is 18.9. The molecule has 0 aliphatic carbocycles. The minimum absolute atomic E-state index is 0.0177. The predicted octanol–water partition coefficient (Wildman–Crippen LogP) is 2.85. The van der Waals surface area contributed by atoms with Crippen molar-refractivity contribution in [1.82, 2.24) is 9.21 Å². The van der Waals surface area contributed by atoms with E-state index in [1.54, 1.807) is 24.8 Å². The van der Waals surface area contributed by atoms with E-state index in [1.165, 1.54) is 16.4 Å². The summed E-state index contributed by atoms with van der Waals surface area (Å²) in [6.45, 7) is 9.12. The van der Waals surface area contributed by atoms with E-state index in [1.807, 2.05) is 13.8 Å². The largest absolute Gasteiger partial charge is 0.339 e. The molecule has 0 atom stereocenters. The van der Waals surface area contributed by atoms with Crippen molar-refractivity contribution in [3.63, 3.8) is 0 Å². The molecule has 0 spiro atoms. The summed E-state index contributed by atoms with van der Waals surface area (Å²) in [6.07, 6.45) is 0. The van der Waals surface area contributed by atoms with E-state index >= 15 is 0 Å². The monoisotopic (exact) mass is 346 g/mol. The zero-order valence-corrected chi connectivity index (χ0v) is 15.0. The smallest absolute Gasteiger partial charge is 0.253 e. The molecule has 0 unspecified atom stereocenters. The second-order valence-corrected chi connectivity index (χ2v) is 7.03. The molecule has 1 aromatic carbocycles. The SMILES string of the molecule is CCN(CC)C(=O)c1ccc(Cl)c(S(=O)(=O)N(CC)CC)c1. The maximum atomic E-state index is 12.6. The molecule has 0 N–H and O–H groups in total. The Morgan fingerprint density at radius 3 is 2.05 bits per heavy atom. The topological polar surface area (TPSA) is 57.7 Å². The fourth-order valence-electron chi connectivity index (χ4n) is 2.23. The number of sulfonamides is 1. The number of carbonyl (C=O) groups is 1. The Kier molecular flexibility index (Phi) is 6.84. The fourth-order valence-corrected chi connectivity index (χ4v) is 4.19. The highest BCUT2D eigenvalue weighted by Crippen LogP contribution is 2.26. The molecule has 5 nitrogen and oxygen atoms in total. The van der Waals surface area contributed by atoms with E-state index in [4.69, 9.17) is 11.6 Å². The maximum Gasteiger partial charge on any atom is 0.253 e. The van der Waals surface area contributed by atoms with E-state index < -0.39 is 10.0 Å². The molecule has 0 radical (unpaired) electrons. The fraction of sp³-hybridized carbons (Fsp3) is 0.533. The van der Waals surface area contributed by atoms with Crippen LogP contribution >= 0.6 is 11.6 Å². The van der Waals surface area contributed by atoms with E-state index in [2.05, 4.69) is 0 Å². The van der Waals surface area contributed by atoms with Gasteiger partial charge in [0.2, 0.25) is 10.0 Å². The van der Waals surface area contributed by atoms with Crippen molar-refractivity contribution in [3.8, 4) is 0 Å². The van der Waals surface area contributed by atoms with E-state index in [9.17, 15) is 13.2 Å². The third kappa shape index (κ3) is 3.80. The van der Waals surface area contributed by atoms with Crippen LogP contribution in [-0.2, 0) is 10.0 Å². The molecule has 124 valence electrons. The molecule has 22 heavy (non-hydrogen) atoms. The normalized spacial score (nSPS) is 11.7. The minimum atomic E-state index is -3.70. The van der Waals surface area contributed by atoms with Gasteiger partial charge < -0.3 is 4.90 Å². The molecule has 1 aromatic rings. The Bertz CT molecular complexity index is 624. The van der Waals surface area contributed by atoms with Crippen LogP contribution in [0.5, 0.6) is 0 Å². The van der Waals surface area contributed by atoms with Crippen LogP contribution in [0.2, 0.25) is 5.02 Å². The van der Waals surface area contributed by atoms with Crippen molar-refractivity contribution in [2.45, 2.75) is 32.6 Å². The Balaban J connectivity index is 3.34. The van der Waals surface area contributed by atoms with Crippen LogP contribution in [0.3, 0.4) is 0 Å². The van der Waals surface area contributed by atoms with E-state index in [0.717, 1.165) is 0 Å². The molecule has 0 saturated carbocycles. The molecule has 0 aromatic heterocycles. The van der Waals surface area contributed by atoms with Crippen molar-refractivity contribution in [2.75, 3.05) is 26.2 Å². The number of nitrogens with zero attached hydrogens (tertiary/aromatic N) is 2. The lowest BCUT2D eigenvalue weighted by Crippen LogP contribution is -2.32. The lowest BCUT2D eigenvalue weighted by atomic mass is 10.2. The van der Waals surface area contributed by atoms with Gasteiger partial charge in [0.25, 0.3) is 5.91 Å². The summed E-state index contributed by atoms with van der Waals surface area (Å²) in [5, 5.41) is 0.128. The highest BCUT2D eigenvalue weighted by atomic mass is 35.5. The van der Waals surface area contributed by atoms with Crippen LogP contribution < -0.4 is 0 Å². The summed E-state index contributed by atoms with van der Waals surface area (Å²) in [4.78, 5) is 14.0. The Morgan fingerprint density at radius 1 is 1.05 bits per heavy atom. The van der Waals surface area contributed by atoms with Crippen LogP contribution in [0.4, 0.5) is 0 Å². The standard InChI is InChI=1S/C15H23ClN2O3S/c1-5-17(6-2)15(19)12-9-10-13(16)14(11-12)22(20,21)18(7-3)8-4/h9-11H,5-8H2,1-4H3. The predicted molar refractivity (Wildman–Crippen MR) is 88.8 cm³/mol. The van der Waals surface area contributed by atoms with E-state index in [0.29, 0.717) is 31.7 Å². The molecule has 1 amide bonds. The summed E-state index contributed by atoms with van der Waals surface area (Å²) in [5.74, 6) is -0.197. The quantitative estimate of drug-likeness (QED) is 0.762. The lowest BCUT2D eigenvalue weighted by Gasteiger charge is -2.21. The van der Waals surface area contributed by atoms with Crippen molar-refractivity contribution in [2.24, 2.45) is 0 Å². The molecular formula is C15H23ClN2O3S. The van der Waals surface area contributed by atoms with Crippen molar-refractivity contribution < 1.29 is 13.2 Å². The maximum absolute atomic E-state index is 12.6. The number of halogens is 1. The Labute approximate surface area is 137 Å². The molecule has 0 heterocycles. The summed E-state index contributed by atoms with van der Waals surface area (Å²) in [5.41, 5.74) is 0.332. The lowest BCUT2D eigenvalue weighted by molar-refractivity contribution is 0.0772. The highest BCUT2D eigenvalue weighted by molar-refractivity contribution is 7.89. The van der Waals surface area contributed by atoms with Crippen LogP contribution in [0.15, 0.2) is 23.1 Å². The number of rotatable bonds is 7. The molecule has 0 aliphatic rings. The zero-order valence-electron chi connectivity index (χ0n) is 13.5. The van der Waals surface area contributed by atoms with Gasteiger partial charge in [-0.15, -0.1) is 0 Å². The van der Waals surface area contributed by atoms with Gasteiger partial charge in [0.15, 0.2) is 0 Å². The molecule has 0 fully saturated rings. The molecule has 0 bridgehead atoms. The van der Waals surface area contributed by atoms with Gasteiger partial charge in [0.05, 0.1) is 5.02 Å². The van der Waals surface area contributed by atoms with Gasteiger partial charge in [0, 0.05) is 31.7 Å². The Morgan fingerprint density at radius 2 is 1.59 bits per heavy atom. The van der Waals surface area contributed by atoms with E-state index in [-0.39, 0.29) is 15.8 Å². The molecule has 0 saturated heterocycles. The van der Waals surface area contributed by atoms with Crippen molar-refractivity contribution in [1.29, 1.82) is 0 Å². The van der Waals surface area contributed by atoms with Crippen LogP contribution in [0.25, 0.3) is 0 Å². The summed E-state index contributed by atoms with van der Waals surface area (Å²) < 4.78 is 26.6. The van der Waals surface area contributed by atoms with Gasteiger partial charge in [-0.1, -0.05) is 25.4 Å². The van der Waals surface area contributed by atoms with Gasteiger partial charge in [-0.05, 0) is 32.0 Å². The van der Waals surface area contributed by atoms with Crippen LogP contribution in [0.1, 0.15) is 38.1 Å². The summed E-state index contributed by atoms with van der Waals surface area (Å²) in [7, 11) is -3.70. The van der Waals surface area contributed by atoms with Gasteiger partial charge in [0.1, 0.15) is 4.90 Å². The van der Waals surface area contributed by atoms with Gasteiger partial charge in [-0.25, -0.2) is 8.42 Å². The number of hydrogen-bond donors (Lipinski definition) is 0. The summed E-state index contributed by atoms with van der Waals surface area (Å²) in [6, 6.07) is 4.40. The first-order valence-electron chi connectivity index (χ1n) is 7.42. The van der Waals surface area contributed by atoms with Crippen LogP contribution in [0, 0.1) is 0 Å². The third-order valence-corrected chi connectivity index (χ3v) is 6.08. The third-order valence-electron chi connectivity index (χ3n) is 3.55. The van der Waals surface area contributed by atoms with Crippen molar-refractivity contribution >= 4 is 27.5 Å². The first-order chi connectivity index (χ1) is 10.3. The number of carbonyl (C=O) groups excluding carboxylic acids is 1. The minimum Gasteiger partial charge on any atom is -0.339 e. The van der Waals surface area contributed by atoms with Gasteiger partial charge in [-0.3, -0.25) is 4.79 Å². The Hall–Kier alpha value is -1.11. The zero-order chi connectivity index (χ0) is 16.9. The number of amides is 1. The van der Waals surface area contributed by atoms with Crippen LogP contribution in [-0.4, -0.2) is 49.7 Å². The molecular weight excluding hydrogens is 324 g/mol. The van der Waals surface area contributed by atoms with Gasteiger partial charge >= 0.3 is 0 Å². The average molecular weight is 347 g/mol. The highest BCUT2D eigenvalue weighted by Gasteiger charge is 2.26. The second-order valence-electron chi connectivity index (χ2n) is 4.71. The first-order valence-corrected chi connectivity index (χ1v) is 9.24. The molecule has 0 aliphatic heterocycles. The number of hydrogen-bond acceptors (Lipinski definition) is 3. The second kappa shape index (κ2) is 7.94. The number of benzene rings is 1. The molecule has 7 heteroatoms. The van der Waals surface area contributed by atoms with Crippen molar-refractivity contribution in [3.05, 3.63) is 28.8 Å².